The van der Waals surface area contributed by atoms with Crippen LogP contribution in [0.25, 0.3) is 11.3 Å². The standard InChI is InChI=1S/C11H10Cl2N2O/c1-14-6-8-5-11(16-15-8)9-3-2-7(12)4-10(9)13/h2-5,14H,6H2,1H3. The van der Waals surface area contributed by atoms with Crippen molar-refractivity contribution in [1.82, 2.24) is 10.5 Å². The van der Waals surface area contributed by atoms with E-state index in [2.05, 4.69) is 10.5 Å². The molecule has 0 unspecified atom stereocenters. The zero-order valence-corrected chi connectivity index (χ0v) is 10.1. The van der Waals surface area contributed by atoms with Crippen molar-refractivity contribution in [3.8, 4) is 11.3 Å². The maximum atomic E-state index is 6.06. The Labute approximate surface area is 103 Å². The van der Waals surface area contributed by atoms with Gasteiger partial charge in [-0.15, -0.1) is 0 Å². The monoisotopic (exact) mass is 256 g/mol. The van der Waals surface area contributed by atoms with E-state index in [1.807, 2.05) is 19.2 Å². The van der Waals surface area contributed by atoms with Crippen molar-refractivity contribution in [2.75, 3.05) is 7.05 Å². The largest absolute Gasteiger partial charge is 0.356 e. The van der Waals surface area contributed by atoms with E-state index in [4.69, 9.17) is 27.7 Å². The molecule has 5 heteroatoms. The Kier molecular flexibility index (Phi) is 3.49. The first-order valence-corrected chi connectivity index (χ1v) is 5.52. The quantitative estimate of drug-likeness (QED) is 0.916. The molecule has 0 bridgehead atoms. The molecule has 0 saturated heterocycles. The number of nitrogens with zero attached hydrogens (tertiary/aromatic N) is 1. The zero-order chi connectivity index (χ0) is 11.5. The first-order valence-electron chi connectivity index (χ1n) is 4.76. The number of aromatic nitrogens is 1. The van der Waals surface area contributed by atoms with Crippen molar-refractivity contribution in [2.45, 2.75) is 6.54 Å². The van der Waals surface area contributed by atoms with E-state index in [0.29, 0.717) is 22.4 Å². The third kappa shape index (κ3) is 2.38. The second kappa shape index (κ2) is 4.87. The normalized spacial score (nSPS) is 10.7. The van der Waals surface area contributed by atoms with Gasteiger partial charge in [0, 0.05) is 23.2 Å². The van der Waals surface area contributed by atoms with Crippen molar-refractivity contribution in [1.29, 1.82) is 0 Å². The Morgan fingerprint density at radius 1 is 1.31 bits per heavy atom. The summed E-state index contributed by atoms with van der Waals surface area (Å²) in [6.07, 6.45) is 0. The fourth-order valence-corrected chi connectivity index (χ4v) is 1.89. The highest BCUT2D eigenvalue weighted by molar-refractivity contribution is 6.36. The van der Waals surface area contributed by atoms with Gasteiger partial charge in [-0.2, -0.15) is 0 Å². The van der Waals surface area contributed by atoms with Gasteiger partial charge in [0.2, 0.25) is 0 Å². The SMILES string of the molecule is CNCc1cc(-c2ccc(Cl)cc2Cl)on1. The Morgan fingerprint density at radius 3 is 2.81 bits per heavy atom. The van der Waals surface area contributed by atoms with E-state index in [9.17, 15) is 0 Å². The number of hydrogen-bond donors (Lipinski definition) is 1. The van der Waals surface area contributed by atoms with E-state index < -0.39 is 0 Å². The van der Waals surface area contributed by atoms with Crippen molar-refractivity contribution >= 4 is 23.2 Å². The number of nitrogens with one attached hydrogen (secondary N) is 1. The molecule has 0 aliphatic heterocycles. The molecule has 0 aliphatic carbocycles. The first-order chi connectivity index (χ1) is 7.70. The summed E-state index contributed by atoms with van der Waals surface area (Å²) in [5.41, 5.74) is 1.63. The summed E-state index contributed by atoms with van der Waals surface area (Å²) in [5.74, 6) is 0.645. The van der Waals surface area contributed by atoms with E-state index in [1.54, 1.807) is 12.1 Å². The highest BCUT2D eigenvalue weighted by Gasteiger charge is 2.10. The topological polar surface area (TPSA) is 38.1 Å². The number of halogens is 2. The molecule has 0 radical (unpaired) electrons. The molecule has 0 spiro atoms. The smallest absolute Gasteiger partial charge is 0.168 e. The maximum Gasteiger partial charge on any atom is 0.168 e. The van der Waals surface area contributed by atoms with Gasteiger partial charge >= 0.3 is 0 Å². The lowest BCUT2D eigenvalue weighted by Crippen LogP contribution is -2.04. The third-order valence-electron chi connectivity index (χ3n) is 2.11. The van der Waals surface area contributed by atoms with Gasteiger partial charge in [0.25, 0.3) is 0 Å². The summed E-state index contributed by atoms with van der Waals surface area (Å²) in [6.45, 7) is 0.661. The van der Waals surface area contributed by atoms with Gasteiger partial charge in [-0.05, 0) is 25.2 Å². The second-order valence-electron chi connectivity index (χ2n) is 3.34. The number of hydrogen-bond acceptors (Lipinski definition) is 3. The Bertz CT molecular complexity index is 496. The minimum Gasteiger partial charge on any atom is -0.356 e. The van der Waals surface area contributed by atoms with Gasteiger partial charge in [-0.25, -0.2) is 0 Å². The van der Waals surface area contributed by atoms with Crippen molar-refractivity contribution in [3.63, 3.8) is 0 Å². The molecule has 0 aliphatic rings. The Hall–Kier alpha value is -1.03. The summed E-state index contributed by atoms with van der Waals surface area (Å²) in [7, 11) is 1.85. The van der Waals surface area contributed by atoms with Gasteiger partial charge in [-0.3, -0.25) is 0 Å². The van der Waals surface area contributed by atoms with E-state index in [0.717, 1.165) is 11.3 Å². The predicted octanol–water partition coefficient (Wildman–Crippen LogP) is 3.37. The molecule has 1 aromatic carbocycles. The maximum absolute atomic E-state index is 6.06. The van der Waals surface area contributed by atoms with Crippen molar-refractivity contribution < 1.29 is 4.52 Å². The number of rotatable bonds is 3. The summed E-state index contributed by atoms with van der Waals surface area (Å²) >= 11 is 11.9. The molecule has 0 amide bonds. The van der Waals surface area contributed by atoms with Crippen LogP contribution in [-0.4, -0.2) is 12.2 Å². The fourth-order valence-electron chi connectivity index (χ4n) is 1.39. The summed E-state index contributed by atoms with van der Waals surface area (Å²) in [6, 6.07) is 7.11. The third-order valence-corrected chi connectivity index (χ3v) is 2.66. The van der Waals surface area contributed by atoms with Gasteiger partial charge in [0.15, 0.2) is 5.76 Å². The molecule has 1 N–H and O–H groups in total. The van der Waals surface area contributed by atoms with Gasteiger partial charge in [0.1, 0.15) is 0 Å². The van der Waals surface area contributed by atoms with Crippen LogP contribution in [0, 0.1) is 0 Å². The average molecular weight is 257 g/mol. The van der Waals surface area contributed by atoms with Crippen LogP contribution in [0.5, 0.6) is 0 Å². The predicted molar refractivity (Wildman–Crippen MR) is 64.7 cm³/mol. The summed E-state index contributed by atoms with van der Waals surface area (Å²) in [5, 5.41) is 8.07. The van der Waals surface area contributed by atoms with E-state index in [1.165, 1.54) is 0 Å². The van der Waals surface area contributed by atoms with Crippen molar-refractivity contribution in [3.05, 3.63) is 40.0 Å². The minimum absolute atomic E-state index is 0.555. The summed E-state index contributed by atoms with van der Waals surface area (Å²) in [4.78, 5) is 0. The molecule has 3 nitrogen and oxygen atoms in total. The van der Waals surface area contributed by atoms with Crippen LogP contribution in [0.15, 0.2) is 28.8 Å². The van der Waals surface area contributed by atoms with Crippen LogP contribution >= 0.6 is 23.2 Å². The van der Waals surface area contributed by atoms with Gasteiger partial charge in [0.05, 0.1) is 10.7 Å². The van der Waals surface area contributed by atoms with Crippen LogP contribution in [0.4, 0.5) is 0 Å². The van der Waals surface area contributed by atoms with Crippen LogP contribution in [0.1, 0.15) is 5.69 Å². The first kappa shape index (κ1) is 11.5. The Morgan fingerprint density at radius 2 is 2.12 bits per heavy atom. The lowest BCUT2D eigenvalue weighted by atomic mass is 10.1. The average Bonchev–Trinajstić information content (AvgIpc) is 2.67. The molecule has 0 saturated carbocycles. The highest BCUT2D eigenvalue weighted by Crippen LogP contribution is 2.30. The number of benzene rings is 1. The Balaban J connectivity index is 2.35. The lowest BCUT2D eigenvalue weighted by molar-refractivity contribution is 0.421. The van der Waals surface area contributed by atoms with E-state index in [-0.39, 0.29) is 0 Å². The lowest BCUT2D eigenvalue weighted by Gasteiger charge is -1.99. The second-order valence-corrected chi connectivity index (χ2v) is 4.18. The molecular weight excluding hydrogens is 247 g/mol. The molecule has 16 heavy (non-hydrogen) atoms. The minimum atomic E-state index is 0.555. The molecule has 1 aromatic heterocycles. The van der Waals surface area contributed by atoms with Crippen LogP contribution in [0.2, 0.25) is 10.0 Å². The molecule has 2 rings (SSSR count). The van der Waals surface area contributed by atoms with Crippen LogP contribution < -0.4 is 5.32 Å². The molecule has 0 atom stereocenters. The molecule has 1 heterocycles. The van der Waals surface area contributed by atoms with Gasteiger partial charge < -0.3 is 9.84 Å². The molecule has 2 aromatic rings. The molecule has 0 fully saturated rings. The van der Waals surface area contributed by atoms with Crippen LogP contribution in [0.3, 0.4) is 0 Å². The zero-order valence-electron chi connectivity index (χ0n) is 8.63. The van der Waals surface area contributed by atoms with E-state index >= 15 is 0 Å². The van der Waals surface area contributed by atoms with Gasteiger partial charge in [-0.1, -0.05) is 28.4 Å². The van der Waals surface area contributed by atoms with Crippen molar-refractivity contribution in [2.24, 2.45) is 0 Å². The van der Waals surface area contributed by atoms with Crippen LogP contribution in [-0.2, 0) is 6.54 Å². The summed E-state index contributed by atoms with van der Waals surface area (Å²) < 4.78 is 5.21. The highest BCUT2D eigenvalue weighted by atomic mass is 35.5. The molecule has 84 valence electrons. The molecular formula is C11H10Cl2N2O. The fraction of sp³-hybridized carbons (Fsp3) is 0.182.